The summed E-state index contributed by atoms with van der Waals surface area (Å²) < 4.78 is 1.54. The Morgan fingerprint density at radius 2 is 2.19 bits per heavy atom. The van der Waals surface area contributed by atoms with Crippen LogP contribution in [-0.4, -0.2) is 20.8 Å². The molecule has 0 aliphatic carbocycles. The number of nitrogens with zero attached hydrogens (tertiary/aromatic N) is 2. The highest BCUT2D eigenvalue weighted by atomic mass is 16.3. The van der Waals surface area contributed by atoms with Crippen LogP contribution in [0.25, 0.3) is 10.9 Å². The number of fused-ring (bicyclic) bond motifs is 1. The molecule has 0 radical (unpaired) electrons. The predicted octanol–water partition coefficient (Wildman–Crippen LogP) is 1.17. The van der Waals surface area contributed by atoms with Crippen molar-refractivity contribution in [3.8, 4) is 0 Å². The molecule has 0 saturated heterocycles. The number of hydrogen-bond donors (Lipinski definition) is 1. The second-order valence-electron chi connectivity index (χ2n) is 3.90. The molecule has 0 fully saturated rings. The van der Waals surface area contributed by atoms with Gasteiger partial charge in [-0.3, -0.25) is 9.36 Å². The molecule has 1 aromatic heterocycles. The summed E-state index contributed by atoms with van der Waals surface area (Å²) in [6, 6.07) is 7.26. The first-order valence-corrected chi connectivity index (χ1v) is 5.31. The molecule has 2 rings (SSSR count). The fourth-order valence-corrected chi connectivity index (χ4v) is 1.59. The summed E-state index contributed by atoms with van der Waals surface area (Å²) in [6.45, 7) is 2.20. The molecule has 84 valence electrons. The van der Waals surface area contributed by atoms with Gasteiger partial charge in [0, 0.05) is 6.54 Å². The van der Waals surface area contributed by atoms with Crippen molar-refractivity contribution in [3.63, 3.8) is 0 Å². The third kappa shape index (κ3) is 2.12. The molecule has 0 saturated carbocycles. The molecule has 0 bridgehead atoms. The number of aryl methyl sites for hydroxylation is 1. The van der Waals surface area contributed by atoms with Crippen molar-refractivity contribution in [2.24, 2.45) is 0 Å². The van der Waals surface area contributed by atoms with Crippen LogP contribution in [-0.2, 0) is 6.54 Å². The van der Waals surface area contributed by atoms with Gasteiger partial charge in [-0.15, -0.1) is 0 Å². The van der Waals surface area contributed by atoms with Gasteiger partial charge in [-0.25, -0.2) is 4.98 Å². The van der Waals surface area contributed by atoms with Crippen LogP contribution in [0.15, 0.2) is 35.4 Å². The lowest BCUT2D eigenvalue weighted by atomic mass is 10.2. The summed E-state index contributed by atoms with van der Waals surface area (Å²) in [7, 11) is 0. The molecule has 4 heteroatoms. The zero-order valence-corrected chi connectivity index (χ0v) is 9.13. The monoisotopic (exact) mass is 218 g/mol. The first kappa shape index (κ1) is 10.8. The Morgan fingerprint density at radius 1 is 1.44 bits per heavy atom. The van der Waals surface area contributed by atoms with Crippen molar-refractivity contribution in [2.75, 3.05) is 0 Å². The average molecular weight is 218 g/mol. The molecule has 0 amide bonds. The molecule has 4 nitrogen and oxygen atoms in total. The minimum Gasteiger partial charge on any atom is -0.393 e. The van der Waals surface area contributed by atoms with Gasteiger partial charge in [0.25, 0.3) is 5.56 Å². The lowest BCUT2D eigenvalue weighted by Gasteiger charge is -2.07. The summed E-state index contributed by atoms with van der Waals surface area (Å²) in [5.41, 5.74) is 0.659. The molecule has 1 aromatic carbocycles. The predicted molar refractivity (Wildman–Crippen MR) is 62.3 cm³/mol. The SMILES string of the molecule is CC(O)CCn1cnc2ccccc2c1=O. The Labute approximate surface area is 93.2 Å². The van der Waals surface area contributed by atoms with Gasteiger partial charge in [0.2, 0.25) is 0 Å². The van der Waals surface area contributed by atoms with E-state index >= 15 is 0 Å². The van der Waals surface area contributed by atoms with E-state index in [1.165, 1.54) is 10.9 Å². The Kier molecular flexibility index (Phi) is 3.01. The van der Waals surface area contributed by atoms with E-state index in [9.17, 15) is 9.90 Å². The van der Waals surface area contributed by atoms with Gasteiger partial charge in [0.05, 0.1) is 23.3 Å². The summed E-state index contributed by atoms with van der Waals surface area (Å²) in [5, 5.41) is 9.80. The number of rotatable bonds is 3. The molecule has 0 aliphatic heterocycles. The molecule has 0 spiro atoms. The van der Waals surface area contributed by atoms with E-state index < -0.39 is 6.10 Å². The van der Waals surface area contributed by atoms with Crippen LogP contribution in [0.2, 0.25) is 0 Å². The van der Waals surface area contributed by atoms with E-state index in [0.717, 1.165) is 0 Å². The number of aliphatic hydroxyl groups excluding tert-OH is 1. The third-order valence-corrected chi connectivity index (χ3v) is 2.52. The molecule has 2 aromatic rings. The van der Waals surface area contributed by atoms with E-state index in [1.54, 1.807) is 13.0 Å². The number of benzene rings is 1. The highest BCUT2D eigenvalue weighted by molar-refractivity contribution is 5.76. The molecule has 16 heavy (non-hydrogen) atoms. The highest BCUT2D eigenvalue weighted by Crippen LogP contribution is 2.05. The molecular weight excluding hydrogens is 204 g/mol. The largest absolute Gasteiger partial charge is 0.393 e. The van der Waals surface area contributed by atoms with Crippen LogP contribution < -0.4 is 5.56 Å². The van der Waals surface area contributed by atoms with E-state index in [1.807, 2.05) is 18.2 Å². The van der Waals surface area contributed by atoms with Crippen LogP contribution in [0.4, 0.5) is 0 Å². The molecular formula is C12H14N2O2. The van der Waals surface area contributed by atoms with Crippen LogP contribution in [0.3, 0.4) is 0 Å². The fraction of sp³-hybridized carbons (Fsp3) is 0.333. The maximum atomic E-state index is 12.0. The Morgan fingerprint density at radius 3 is 2.94 bits per heavy atom. The average Bonchev–Trinajstić information content (AvgIpc) is 2.28. The minimum absolute atomic E-state index is 0.0498. The zero-order valence-electron chi connectivity index (χ0n) is 9.13. The van der Waals surface area contributed by atoms with Gasteiger partial charge in [0.1, 0.15) is 0 Å². The van der Waals surface area contributed by atoms with Gasteiger partial charge in [-0.1, -0.05) is 12.1 Å². The number of hydrogen-bond acceptors (Lipinski definition) is 3. The molecule has 1 unspecified atom stereocenters. The zero-order chi connectivity index (χ0) is 11.5. The van der Waals surface area contributed by atoms with Gasteiger partial charge in [-0.2, -0.15) is 0 Å². The minimum atomic E-state index is -0.404. The normalized spacial score (nSPS) is 12.9. The summed E-state index contributed by atoms with van der Waals surface area (Å²) in [6.07, 6.45) is 1.69. The Bertz CT molecular complexity index is 546. The number of aromatic nitrogens is 2. The lowest BCUT2D eigenvalue weighted by Crippen LogP contribution is -2.22. The van der Waals surface area contributed by atoms with Crippen LogP contribution in [0.1, 0.15) is 13.3 Å². The second kappa shape index (κ2) is 4.45. The summed E-state index contributed by atoms with van der Waals surface area (Å²) in [5.74, 6) is 0. The fourth-order valence-electron chi connectivity index (χ4n) is 1.59. The van der Waals surface area contributed by atoms with E-state index in [2.05, 4.69) is 4.98 Å². The lowest BCUT2D eigenvalue weighted by molar-refractivity contribution is 0.177. The third-order valence-electron chi connectivity index (χ3n) is 2.52. The van der Waals surface area contributed by atoms with Crippen molar-refractivity contribution in [3.05, 3.63) is 40.9 Å². The maximum absolute atomic E-state index is 12.0. The van der Waals surface area contributed by atoms with Gasteiger partial charge < -0.3 is 5.11 Å². The van der Waals surface area contributed by atoms with Crippen LogP contribution >= 0.6 is 0 Å². The van der Waals surface area contributed by atoms with Gasteiger partial charge in [0.15, 0.2) is 0 Å². The quantitative estimate of drug-likeness (QED) is 0.841. The molecule has 0 aliphatic rings. The van der Waals surface area contributed by atoms with Crippen molar-refractivity contribution in [1.82, 2.24) is 9.55 Å². The second-order valence-corrected chi connectivity index (χ2v) is 3.90. The smallest absolute Gasteiger partial charge is 0.261 e. The molecule has 1 N–H and O–H groups in total. The van der Waals surface area contributed by atoms with Crippen molar-refractivity contribution in [2.45, 2.75) is 26.0 Å². The Hall–Kier alpha value is -1.68. The van der Waals surface area contributed by atoms with Crippen molar-refractivity contribution >= 4 is 10.9 Å². The highest BCUT2D eigenvalue weighted by Gasteiger charge is 2.03. The van der Waals surface area contributed by atoms with E-state index in [-0.39, 0.29) is 5.56 Å². The molecule has 1 heterocycles. The van der Waals surface area contributed by atoms with Crippen molar-refractivity contribution in [1.29, 1.82) is 0 Å². The van der Waals surface area contributed by atoms with Crippen LogP contribution in [0, 0.1) is 0 Å². The van der Waals surface area contributed by atoms with Crippen LogP contribution in [0.5, 0.6) is 0 Å². The van der Waals surface area contributed by atoms with Crippen molar-refractivity contribution < 1.29 is 5.11 Å². The first-order valence-electron chi connectivity index (χ1n) is 5.31. The van der Waals surface area contributed by atoms with Gasteiger partial charge >= 0.3 is 0 Å². The standard InChI is InChI=1S/C12H14N2O2/c1-9(15)6-7-14-8-13-11-5-3-2-4-10(11)12(14)16/h2-5,8-9,15H,6-7H2,1H3. The molecule has 1 atom stereocenters. The van der Waals surface area contributed by atoms with E-state index in [4.69, 9.17) is 0 Å². The topological polar surface area (TPSA) is 55.1 Å². The van der Waals surface area contributed by atoms with Gasteiger partial charge in [-0.05, 0) is 25.5 Å². The number of aliphatic hydroxyl groups is 1. The summed E-state index contributed by atoms with van der Waals surface area (Å²) >= 11 is 0. The van der Waals surface area contributed by atoms with E-state index in [0.29, 0.717) is 23.9 Å². The Balaban J connectivity index is 2.41. The maximum Gasteiger partial charge on any atom is 0.261 e. The number of para-hydroxylation sites is 1. The first-order chi connectivity index (χ1) is 7.68. The summed E-state index contributed by atoms with van der Waals surface area (Å²) in [4.78, 5) is 16.2.